The molecule has 0 saturated carbocycles. The number of halogens is 4. The predicted octanol–water partition coefficient (Wildman–Crippen LogP) is 3.06. The number of thiophene rings is 1. The number of hydrogen-bond donors (Lipinski definition) is 1. The molecule has 0 amide bonds. The van der Waals surface area contributed by atoms with E-state index >= 15 is 0 Å². The van der Waals surface area contributed by atoms with E-state index in [-0.39, 0.29) is 16.7 Å². The number of sulfonamides is 1. The van der Waals surface area contributed by atoms with E-state index in [0.717, 1.165) is 15.1 Å². The molecule has 0 aromatic carbocycles. The summed E-state index contributed by atoms with van der Waals surface area (Å²) < 4.78 is 64.5. The maximum Gasteiger partial charge on any atom is 0.401 e. The Balaban J connectivity index is 1.79. The third-order valence-electron chi connectivity index (χ3n) is 3.49. The first-order valence-corrected chi connectivity index (χ1v) is 9.79. The van der Waals surface area contributed by atoms with Crippen molar-refractivity contribution >= 4 is 37.3 Å². The maximum absolute atomic E-state index is 12.3. The van der Waals surface area contributed by atoms with Crippen molar-refractivity contribution < 1.29 is 21.6 Å². The lowest BCUT2D eigenvalue weighted by atomic mass is 9.97. The zero-order chi connectivity index (χ0) is 16.4. The molecule has 10 heteroatoms. The van der Waals surface area contributed by atoms with Gasteiger partial charge in [0.05, 0.1) is 10.3 Å². The summed E-state index contributed by atoms with van der Waals surface area (Å²) in [6.45, 7) is 0.0548. The summed E-state index contributed by atoms with van der Waals surface area (Å²) in [7, 11) is -3.54. The summed E-state index contributed by atoms with van der Waals surface area (Å²) in [6, 6.07) is 3.18. The third kappa shape index (κ3) is 5.48. The van der Waals surface area contributed by atoms with Crippen molar-refractivity contribution in [1.82, 2.24) is 9.62 Å². The zero-order valence-electron chi connectivity index (χ0n) is 11.6. The first kappa shape index (κ1) is 18.2. The second-order valence-corrected chi connectivity index (χ2v) is 9.70. The van der Waals surface area contributed by atoms with E-state index in [4.69, 9.17) is 0 Å². The molecular weight excluding hydrogens is 405 g/mol. The fraction of sp³-hybridized carbons (Fsp3) is 0.667. The molecule has 1 fully saturated rings. The van der Waals surface area contributed by atoms with Crippen molar-refractivity contribution in [1.29, 1.82) is 0 Å². The number of hydrogen-bond acceptors (Lipinski definition) is 4. The molecule has 4 nitrogen and oxygen atoms in total. The molecule has 1 aromatic rings. The zero-order valence-corrected chi connectivity index (χ0v) is 14.8. The van der Waals surface area contributed by atoms with E-state index in [0.29, 0.717) is 25.9 Å². The van der Waals surface area contributed by atoms with Gasteiger partial charge in [0.2, 0.25) is 10.0 Å². The van der Waals surface area contributed by atoms with Crippen molar-refractivity contribution in [3.8, 4) is 0 Å². The lowest BCUT2D eigenvalue weighted by Crippen LogP contribution is -2.42. The van der Waals surface area contributed by atoms with Crippen LogP contribution < -0.4 is 4.72 Å². The van der Waals surface area contributed by atoms with Crippen molar-refractivity contribution in [3.05, 3.63) is 15.9 Å². The smallest absolute Gasteiger partial charge is 0.295 e. The lowest BCUT2D eigenvalue weighted by molar-refractivity contribution is -0.148. The molecule has 0 atom stereocenters. The molecular formula is C12H16BrF3N2O2S2. The van der Waals surface area contributed by atoms with E-state index in [9.17, 15) is 21.6 Å². The van der Waals surface area contributed by atoms with Crippen LogP contribution in [0.25, 0.3) is 0 Å². The van der Waals surface area contributed by atoms with Gasteiger partial charge in [-0.2, -0.15) is 13.2 Å². The predicted molar refractivity (Wildman–Crippen MR) is 82.4 cm³/mol. The van der Waals surface area contributed by atoms with Crippen LogP contribution in [0.15, 0.2) is 20.1 Å². The second-order valence-electron chi connectivity index (χ2n) is 5.25. The minimum atomic E-state index is -4.18. The number of piperidine rings is 1. The number of nitrogens with zero attached hydrogens (tertiary/aromatic N) is 1. The lowest BCUT2D eigenvalue weighted by Gasteiger charge is -2.32. The molecule has 0 aliphatic carbocycles. The van der Waals surface area contributed by atoms with Gasteiger partial charge < -0.3 is 0 Å². The van der Waals surface area contributed by atoms with Crippen LogP contribution in [0.3, 0.4) is 0 Å². The highest BCUT2D eigenvalue weighted by atomic mass is 79.9. The molecule has 2 rings (SSSR count). The highest BCUT2D eigenvalue weighted by Gasteiger charge is 2.32. The number of nitrogens with one attached hydrogen (secondary N) is 1. The van der Waals surface area contributed by atoms with Gasteiger partial charge >= 0.3 is 6.18 Å². The minimum absolute atomic E-state index is 0.0719. The number of rotatable bonds is 5. The average Bonchev–Trinajstić information content (AvgIpc) is 2.84. The Hall–Kier alpha value is -0.160. The van der Waals surface area contributed by atoms with Gasteiger partial charge in [0.25, 0.3) is 0 Å². The van der Waals surface area contributed by atoms with Crippen molar-refractivity contribution in [2.24, 2.45) is 5.92 Å². The molecule has 1 N–H and O–H groups in total. The highest BCUT2D eigenvalue weighted by molar-refractivity contribution is 9.11. The molecule has 0 spiro atoms. The third-order valence-corrected chi connectivity index (χ3v) is 7.02. The van der Waals surface area contributed by atoms with Crippen molar-refractivity contribution in [2.45, 2.75) is 23.2 Å². The van der Waals surface area contributed by atoms with Crippen LogP contribution in [0, 0.1) is 5.92 Å². The Morgan fingerprint density at radius 2 is 1.95 bits per heavy atom. The van der Waals surface area contributed by atoms with Gasteiger partial charge in [-0.15, -0.1) is 11.3 Å². The molecule has 1 saturated heterocycles. The number of likely N-dealkylation sites (tertiary alicyclic amines) is 1. The van der Waals surface area contributed by atoms with Crippen LogP contribution in [0.4, 0.5) is 13.2 Å². The van der Waals surface area contributed by atoms with Gasteiger partial charge in [0.1, 0.15) is 4.21 Å². The molecule has 1 aliphatic rings. The normalized spacial score (nSPS) is 18.7. The summed E-state index contributed by atoms with van der Waals surface area (Å²) in [5.41, 5.74) is 0. The van der Waals surface area contributed by atoms with Gasteiger partial charge in [-0.05, 0) is 59.9 Å². The quantitative estimate of drug-likeness (QED) is 0.795. The molecule has 0 radical (unpaired) electrons. The van der Waals surface area contributed by atoms with Crippen LogP contribution in [0.5, 0.6) is 0 Å². The Kier molecular flexibility index (Phi) is 5.92. The highest BCUT2D eigenvalue weighted by Crippen LogP contribution is 2.26. The van der Waals surface area contributed by atoms with Crippen molar-refractivity contribution in [3.63, 3.8) is 0 Å². The van der Waals surface area contributed by atoms with E-state index < -0.39 is 22.7 Å². The SMILES string of the molecule is O=S(=O)(NCC1CCN(CC(F)(F)F)CC1)c1ccc(Br)s1. The van der Waals surface area contributed by atoms with E-state index in [1.54, 1.807) is 6.07 Å². The van der Waals surface area contributed by atoms with E-state index in [1.807, 2.05) is 0 Å². The van der Waals surface area contributed by atoms with Crippen LogP contribution in [0.1, 0.15) is 12.8 Å². The standard InChI is InChI=1S/C12H16BrF3N2O2S2/c13-10-1-2-11(21-10)22(19,20)17-7-9-3-5-18(6-4-9)8-12(14,15)16/h1-2,9,17H,3-8H2. The molecule has 1 aliphatic heterocycles. The summed E-state index contributed by atoms with van der Waals surface area (Å²) in [5, 5.41) is 0. The van der Waals surface area contributed by atoms with Crippen LogP contribution in [0.2, 0.25) is 0 Å². The van der Waals surface area contributed by atoms with Gasteiger partial charge in [-0.25, -0.2) is 13.1 Å². The van der Waals surface area contributed by atoms with Gasteiger partial charge in [-0.3, -0.25) is 4.90 Å². The van der Waals surface area contributed by atoms with Crippen LogP contribution in [-0.2, 0) is 10.0 Å². The fourth-order valence-electron chi connectivity index (χ4n) is 2.34. The number of alkyl halides is 3. The summed E-state index contributed by atoms with van der Waals surface area (Å²) >= 11 is 4.33. The van der Waals surface area contributed by atoms with Crippen molar-refractivity contribution in [2.75, 3.05) is 26.2 Å². The monoisotopic (exact) mass is 420 g/mol. The van der Waals surface area contributed by atoms with Crippen LogP contribution in [-0.4, -0.2) is 45.7 Å². The molecule has 126 valence electrons. The van der Waals surface area contributed by atoms with Gasteiger partial charge in [-0.1, -0.05) is 0 Å². The topological polar surface area (TPSA) is 49.4 Å². The molecule has 22 heavy (non-hydrogen) atoms. The van der Waals surface area contributed by atoms with E-state index in [2.05, 4.69) is 20.7 Å². The minimum Gasteiger partial charge on any atom is -0.295 e. The first-order valence-electron chi connectivity index (χ1n) is 6.70. The average molecular weight is 421 g/mol. The summed E-state index contributed by atoms with van der Waals surface area (Å²) in [5.74, 6) is 0.0719. The Morgan fingerprint density at radius 3 is 2.45 bits per heavy atom. The summed E-state index contributed by atoms with van der Waals surface area (Å²) in [4.78, 5) is 1.36. The van der Waals surface area contributed by atoms with Crippen LogP contribution >= 0.6 is 27.3 Å². The Bertz CT molecular complexity index is 596. The largest absolute Gasteiger partial charge is 0.401 e. The van der Waals surface area contributed by atoms with E-state index in [1.165, 1.54) is 11.0 Å². The fourth-order valence-corrected chi connectivity index (χ4v) is 5.51. The Morgan fingerprint density at radius 1 is 1.32 bits per heavy atom. The van der Waals surface area contributed by atoms with Gasteiger partial charge in [0.15, 0.2) is 0 Å². The van der Waals surface area contributed by atoms with Gasteiger partial charge in [0, 0.05) is 6.54 Å². The molecule has 0 bridgehead atoms. The molecule has 1 aromatic heterocycles. The second kappa shape index (κ2) is 7.16. The first-order chi connectivity index (χ1) is 10.2. The maximum atomic E-state index is 12.3. The molecule has 2 heterocycles. The Labute approximate surface area is 139 Å². The summed E-state index contributed by atoms with van der Waals surface area (Å²) in [6.07, 6.45) is -3.06. The molecule has 0 unspecified atom stereocenters.